The van der Waals surface area contributed by atoms with Gasteiger partial charge in [-0.05, 0) is 40.5 Å². The quantitative estimate of drug-likeness (QED) is 0.326. The van der Waals surface area contributed by atoms with Gasteiger partial charge in [0, 0.05) is 51.0 Å². The summed E-state index contributed by atoms with van der Waals surface area (Å²) in [5, 5.41) is 14.5. The Morgan fingerprint density at radius 3 is 2.60 bits per heavy atom. The summed E-state index contributed by atoms with van der Waals surface area (Å²) in [6.45, 7) is 2.92. The van der Waals surface area contributed by atoms with Gasteiger partial charge in [-0.3, -0.25) is 14.5 Å². The first-order chi connectivity index (χ1) is 19.5. The van der Waals surface area contributed by atoms with E-state index in [0.717, 1.165) is 11.3 Å². The Morgan fingerprint density at radius 2 is 1.80 bits per heavy atom. The first kappa shape index (κ1) is 27.1. The molecular formula is C32H33N5O3. The van der Waals surface area contributed by atoms with Crippen molar-refractivity contribution in [1.29, 1.82) is 5.26 Å². The van der Waals surface area contributed by atoms with Crippen LogP contribution in [0, 0.1) is 23.2 Å². The maximum Gasteiger partial charge on any atom is 0.309 e. The second kappa shape index (κ2) is 12.6. The monoisotopic (exact) mass is 535 g/mol. The fourth-order valence-corrected chi connectivity index (χ4v) is 5.56. The first-order valence-corrected chi connectivity index (χ1v) is 13.6. The maximum atomic E-state index is 13.3. The van der Waals surface area contributed by atoms with Crippen LogP contribution in [-0.4, -0.2) is 53.1 Å². The number of amides is 1. The topological polar surface area (TPSA) is 100 Å². The van der Waals surface area contributed by atoms with Crippen molar-refractivity contribution < 1.29 is 14.3 Å². The van der Waals surface area contributed by atoms with Crippen molar-refractivity contribution in [3.63, 3.8) is 0 Å². The van der Waals surface area contributed by atoms with Gasteiger partial charge in [-0.25, -0.2) is 4.98 Å². The van der Waals surface area contributed by atoms with Gasteiger partial charge in [-0.2, -0.15) is 5.26 Å². The molecule has 0 unspecified atom stereocenters. The molecule has 8 nitrogen and oxygen atoms in total. The number of hydrogen-bond acceptors (Lipinski definition) is 6. The predicted octanol–water partition coefficient (Wildman–Crippen LogP) is 3.93. The summed E-state index contributed by atoms with van der Waals surface area (Å²) in [5.74, 6) is -0.975. The number of benzene rings is 3. The molecule has 4 aromatic rings. The minimum atomic E-state index is -0.349. The number of carbonyl (C=O) groups is 2. The zero-order valence-corrected chi connectivity index (χ0v) is 22.6. The highest BCUT2D eigenvalue weighted by molar-refractivity contribution is 5.85. The van der Waals surface area contributed by atoms with Gasteiger partial charge >= 0.3 is 5.97 Å². The van der Waals surface area contributed by atoms with Gasteiger partial charge in [-0.1, -0.05) is 54.6 Å². The van der Waals surface area contributed by atoms with E-state index in [1.165, 1.54) is 23.4 Å². The summed E-state index contributed by atoms with van der Waals surface area (Å²) in [6, 6.07) is 24.2. The summed E-state index contributed by atoms with van der Waals surface area (Å²) in [5.41, 5.74) is 3.89. The maximum absolute atomic E-state index is 13.3. The average Bonchev–Trinajstić information content (AvgIpc) is 3.43. The second-order valence-electron chi connectivity index (χ2n) is 10.3. The number of nitriles is 1. The van der Waals surface area contributed by atoms with E-state index in [4.69, 9.17) is 10.00 Å². The molecule has 1 amide bonds. The van der Waals surface area contributed by atoms with E-state index in [9.17, 15) is 9.59 Å². The minimum absolute atomic E-state index is 0.0466. The van der Waals surface area contributed by atoms with Gasteiger partial charge < -0.3 is 14.6 Å². The summed E-state index contributed by atoms with van der Waals surface area (Å²) in [7, 11) is 1.40. The fourth-order valence-electron chi connectivity index (χ4n) is 5.56. The van der Waals surface area contributed by atoms with Crippen LogP contribution in [0.15, 0.2) is 79.3 Å². The number of aromatic nitrogens is 2. The molecule has 0 saturated carbocycles. The van der Waals surface area contributed by atoms with Gasteiger partial charge in [-0.15, -0.1) is 0 Å². The number of rotatable bonds is 9. The number of methoxy groups -OCH3 is 1. The van der Waals surface area contributed by atoms with E-state index < -0.39 is 0 Å². The molecule has 1 fully saturated rings. The Bertz CT molecular complexity index is 1520. The van der Waals surface area contributed by atoms with Crippen molar-refractivity contribution in [3.05, 3.63) is 102 Å². The van der Waals surface area contributed by atoms with Crippen LogP contribution in [-0.2, 0) is 33.8 Å². The average molecular weight is 536 g/mol. The standard InChI is InChI=1S/C32H33N5O3/c1-40-32(39)28-15-27(20-36(21-28)19-26-7-4-6-25-5-2-3-8-30(25)26)31(38)35-14-13-29-17-34-22-37(29)18-24-11-9-23(16-33)10-12-24/h2-12,17,22,27-28H,13-15,18-21H2,1H3,(H,35,38)/t27-,28+/m1/s1. The van der Waals surface area contributed by atoms with Crippen LogP contribution in [0.4, 0.5) is 0 Å². The molecule has 1 aliphatic heterocycles. The molecule has 1 N–H and O–H groups in total. The van der Waals surface area contributed by atoms with Gasteiger partial charge in [0.05, 0.1) is 36.9 Å². The van der Waals surface area contributed by atoms with Crippen LogP contribution in [0.1, 0.15) is 28.8 Å². The lowest BCUT2D eigenvalue weighted by Crippen LogP contribution is -2.48. The summed E-state index contributed by atoms with van der Waals surface area (Å²) in [4.78, 5) is 32.3. The van der Waals surface area contributed by atoms with E-state index >= 15 is 0 Å². The molecular weight excluding hydrogens is 502 g/mol. The number of hydrogen-bond donors (Lipinski definition) is 1. The Labute approximate surface area is 234 Å². The lowest BCUT2D eigenvalue weighted by atomic mass is 9.88. The van der Waals surface area contributed by atoms with Crippen molar-refractivity contribution in [2.45, 2.75) is 25.9 Å². The molecule has 5 rings (SSSR count). The SMILES string of the molecule is COC(=O)[C@H]1C[C@@H](C(=O)NCCc2cncn2Cc2ccc(C#N)cc2)CN(Cc2cccc3ccccc23)C1. The fraction of sp³-hybridized carbons (Fsp3) is 0.312. The van der Waals surface area contributed by atoms with Crippen LogP contribution in [0.25, 0.3) is 10.8 Å². The van der Waals surface area contributed by atoms with Gasteiger partial charge in [0.2, 0.25) is 5.91 Å². The number of nitrogens with zero attached hydrogens (tertiary/aromatic N) is 4. The van der Waals surface area contributed by atoms with Crippen molar-refractivity contribution >= 4 is 22.6 Å². The smallest absolute Gasteiger partial charge is 0.309 e. The number of carbonyl (C=O) groups excluding carboxylic acids is 2. The van der Waals surface area contributed by atoms with Crippen molar-refractivity contribution in [2.24, 2.45) is 11.8 Å². The third kappa shape index (κ3) is 6.38. The van der Waals surface area contributed by atoms with Crippen molar-refractivity contribution in [3.8, 4) is 6.07 Å². The largest absolute Gasteiger partial charge is 0.469 e. The van der Waals surface area contributed by atoms with E-state index in [-0.39, 0.29) is 23.7 Å². The first-order valence-electron chi connectivity index (χ1n) is 13.6. The van der Waals surface area contributed by atoms with Crippen molar-refractivity contribution in [1.82, 2.24) is 19.8 Å². The number of esters is 1. The van der Waals surface area contributed by atoms with Crippen LogP contribution >= 0.6 is 0 Å². The molecule has 2 atom stereocenters. The number of imidazole rings is 1. The second-order valence-corrected chi connectivity index (χ2v) is 10.3. The molecule has 1 aliphatic rings. The highest BCUT2D eigenvalue weighted by Crippen LogP contribution is 2.27. The zero-order valence-electron chi connectivity index (χ0n) is 22.6. The Kier molecular flexibility index (Phi) is 8.53. The number of ether oxygens (including phenoxy) is 1. The number of nitrogens with one attached hydrogen (secondary N) is 1. The molecule has 3 aromatic carbocycles. The molecule has 1 saturated heterocycles. The van der Waals surface area contributed by atoms with Crippen LogP contribution < -0.4 is 5.32 Å². The van der Waals surface area contributed by atoms with Crippen LogP contribution in [0.5, 0.6) is 0 Å². The molecule has 40 heavy (non-hydrogen) atoms. The summed E-state index contributed by atoms with van der Waals surface area (Å²) in [6.07, 6.45) is 4.70. The molecule has 0 aliphatic carbocycles. The number of likely N-dealkylation sites (tertiary alicyclic amines) is 1. The zero-order chi connectivity index (χ0) is 27.9. The Balaban J connectivity index is 1.21. The van der Waals surface area contributed by atoms with Gasteiger partial charge in [0.1, 0.15) is 0 Å². The molecule has 0 spiro atoms. The normalized spacial score (nSPS) is 17.3. The lowest BCUT2D eigenvalue weighted by Gasteiger charge is -2.36. The van der Waals surface area contributed by atoms with Gasteiger partial charge in [0.25, 0.3) is 0 Å². The molecule has 1 aromatic heterocycles. The van der Waals surface area contributed by atoms with E-state index in [2.05, 4.69) is 51.6 Å². The highest BCUT2D eigenvalue weighted by atomic mass is 16.5. The van der Waals surface area contributed by atoms with E-state index in [0.29, 0.717) is 51.1 Å². The Hall–Kier alpha value is -4.48. The third-order valence-corrected chi connectivity index (χ3v) is 7.62. The number of piperidine rings is 1. The summed E-state index contributed by atoms with van der Waals surface area (Å²) >= 11 is 0. The molecule has 2 heterocycles. The molecule has 0 bridgehead atoms. The molecule has 8 heteroatoms. The number of fused-ring (bicyclic) bond motifs is 1. The lowest BCUT2D eigenvalue weighted by molar-refractivity contribution is -0.149. The van der Waals surface area contributed by atoms with Crippen LogP contribution in [0.3, 0.4) is 0 Å². The highest BCUT2D eigenvalue weighted by Gasteiger charge is 2.35. The predicted molar refractivity (Wildman–Crippen MR) is 152 cm³/mol. The van der Waals surface area contributed by atoms with Crippen molar-refractivity contribution in [2.75, 3.05) is 26.7 Å². The van der Waals surface area contributed by atoms with E-state index in [1.807, 2.05) is 47.2 Å². The third-order valence-electron chi connectivity index (χ3n) is 7.62. The van der Waals surface area contributed by atoms with Gasteiger partial charge in [0.15, 0.2) is 0 Å². The molecule has 204 valence electrons. The van der Waals surface area contributed by atoms with Crippen LogP contribution in [0.2, 0.25) is 0 Å². The Morgan fingerprint density at radius 1 is 1.02 bits per heavy atom. The minimum Gasteiger partial charge on any atom is -0.469 e. The van der Waals surface area contributed by atoms with E-state index in [1.54, 1.807) is 6.33 Å². The molecule has 0 radical (unpaired) electrons. The summed E-state index contributed by atoms with van der Waals surface area (Å²) < 4.78 is 7.12.